The smallest absolute Gasteiger partial charge is 0.0711 e. The van der Waals surface area contributed by atoms with Crippen LogP contribution in [0.4, 0.5) is 0 Å². The molecule has 2 heteroatoms. The minimum absolute atomic E-state index is 0.00950. The topological polar surface area (TPSA) is 33.1 Å². The lowest BCUT2D eigenvalue weighted by atomic mass is 9.91. The Bertz CT molecular complexity index is 763. The number of para-hydroxylation sites is 1. The maximum atomic E-state index is 9.93. The molecule has 0 aliphatic carbocycles. The van der Waals surface area contributed by atoms with E-state index in [2.05, 4.69) is 32.0 Å². The molecule has 106 valence electrons. The van der Waals surface area contributed by atoms with Gasteiger partial charge in [-0.15, -0.1) is 0 Å². The summed E-state index contributed by atoms with van der Waals surface area (Å²) in [6.07, 6.45) is 0. The van der Waals surface area contributed by atoms with Crippen LogP contribution in [0.15, 0.2) is 54.6 Å². The molecule has 0 bridgehead atoms. The zero-order valence-corrected chi connectivity index (χ0v) is 12.4. The van der Waals surface area contributed by atoms with Crippen LogP contribution >= 0.6 is 0 Å². The number of fused-ring (bicyclic) bond motifs is 1. The summed E-state index contributed by atoms with van der Waals surface area (Å²) in [6, 6.07) is 18.4. The van der Waals surface area contributed by atoms with Gasteiger partial charge >= 0.3 is 0 Å². The largest absolute Gasteiger partial charge is 0.392 e. The molecule has 1 N–H and O–H groups in total. The summed E-state index contributed by atoms with van der Waals surface area (Å²) >= 11 is 0. The number of hydrogen-bond donors (Lipinski definition) is 1. The minimum Gasteiger partial charge on any atom is -0.392 e. The number of benzene rings is 2. The van der Waals surface area contributed by atoms with Gasteiger partial charge in [0.2, 0.25) is 0 Å². The highest BCUT2D eigenvalue weighted by atomic mass is 16.3. The quantitative estimate of drug-likeness (QED) is 0.763. The molecule has 3 aromatic rings. The van der Waals surface area contributed by atoms with E-state index in [1.165, 1.54) is 0 Å². The van der Waals surface area contributed by atoms with E-state index in [9.17, 15) is 5.11 Å². The van der Waals surface area contributed by atoms with Crippen LogP contribution < -0.4 is 0 Å². The number of pyridine rings is 1. The number of aromatic nitrogens is 1. The van der Waals surface area contributed by atoms with Gasteiger partial charge in [0.25, 0.3) is 0 Å². The molecule has 1 heterocycles. The molecule has 21 heavy (non-hydrogen) atoms. The Hall–Kier alpha value is -2.19. The Balaban J connectivity index is 2.44. The molecule has 0 radical (unpaired) electrons. The van der Waals surface area contributed by atoms with E-state index in [-0.39, 0.29) is 12.5 Å². The van der Waals surface area contributed by atoms with Crippen molar-refractivity contribution in [3.8, 4) is 11.1 Å². The average molecular weight is 277 g/mol. The van der Waals surface area contributed by atoms with Crippen LogP contribution in [-0.4, -0.2) is 10.1 Å². The van der Waals surface area contributed by atoms with Gasteiger partial charge in [-0.25, -0.2) is 0 Å². The predicted octanol–water partition coefficient (Wildman–Crippen LogP) is 4.52. The first kappa shape index (κ1) is 13.8. The van der Waals surface area contributed by atoms with E-state index in [0.29, 0.717) is 0 Å². The number of nitrogens with zero attached hydrogens (tertiary/aromatic N) is 1. The summed E-state index contributed by atoms with van der Waals surface area (Å²) in [7, 11) is 0. The van der Waals surface area contributed by atoms with Crippen LogP contribution in [0.2, 0.25) is 0 Å². The summed E-state index contributed by atoms with van der Waals surface area (Å²) in [5, 5.41) is 11.0. The lowest BCUT2D eigenvalue weighted by Gasteiger charge is -2.18. The van der Waals surface area contributed by atoms with Crippen molar-refractivity contribution in [2.45, 2.75) is 26.4 Å². The SMILES string of the molecule is CC(C)c1nc2ccccc2c(-c2ccccc2)c1CO. The van der Waals surface area contributed by atoms with E-state index in [0.717, 1.165) is 33.3 Å². The van der Waals surface area contributed by atoms with E-state index in [4.69, 9.17) is 4.98 Å². The molecule has 2 nitrogen and oxygen atoms in total. The Morgan fingerprint density at radius 2 is 1.62 bits per heavy atom. The monoisotopic (exact) mass is 277 g/mol. The first-order chi connectivity index (χ1) is 10.2. The van der Waals surface area contributed by atoms with Crippen LogP contribution in [0.1, 0.15) is 31.0 Å². The van der Waals surface area contributed by atoms with E-state index < -0.39 is 0 Å². The standard InChI is InChI=1S/C19H19NO/c1-13(2)19-16(12-21)18(14-8-4-3-5-9-14)15-10-6-7-11-17(15)20-19/h3-11,13,21H,12H2,1-2H3. The molecule has 0 fully saturated rings. The molecule has 0 saturated heterocycles. The summed E-state index contributed by atoms with van der Waals surface area (Å²) in [5.74, 6) is 0.277. The summed E-state index contributed by atoms with van der Waals surface area (Å²) < 4.78 is 0. The van der Waals surface area contributed by atoms with Crippen molar-refractivity contribution in [2.24, 2.45) is 0 Å². The van der Waals surface area contributed by atoms with Crippen LogP contribution in [0.3, 0.4) is 0 Å². The van der Waals surface area contributed by atoms with Crippen molar-refractivity contribution in [1.82, 2.24) is 4.98 Å². The first-order valence-corrected chi connectivity index (χ1v) is 7.30. The Morgan fingerprint density at radius 1 is 0.952 bits per heavy atom. The zero-order valence-electron chi connectivity index (χ0n) is 12.4. The molecular weight excluding hydrogens is 258 g/mol. The minimum atomic E-state index is 0.00950. The zero-order chi connectivity index (χ0) is 14.8. The summed E-state index contributed by atoms with van der Waals surface area (Å²) in [5.41, 5.74) is 5.14. The maximum absolute atomic E-state index is 9.93. The van der Waals surface area contributed by atoms with Crippen LogP contribution in [0.5, 0.6) is 0 Å². The van der Waals surface area contributed by atoms with Gasteiger partial charge < -0.3 is 5.11 Å². The molecular formula is C19H19NO. The van der Waals surface area contributed by atoms with Crippen LogP contribution in [0, 0.1) is 0 Å². The molecule has 1 aromatic heterocycles. The van der Waals surface area contributed by atoms with E-state index in [1.54, 1.807) is 0 Å². The summed E-state index contributed by atoms with van der Waals surface area (Å²) in [4.78, 5) is 4.77. The average Bonchev–Trinajstić information content (AvgIpc) is 2.53. The molecule has 0 atom stereocenters. The van der Waals surface area contributed by atoms with Crippen molar-refractivity contribution >= 4 is 10.9 Å². The van der Waals surface area contributed by atoms with Gasteiger partial charge in [-0.3, -0.25) is 4.98 Å². The third kappa shape index (κ3) is 2.43. The molecule has 0 aliphatic heterocycles. The molecule has 3 rings (SSSR count). The lowest BCUT2D eigenvalue weighted by Crippen LogP contribution is -2.04. The highest BCUT2D eigenvalue weighted by Gasteiger charge is 2.17. The second kappa shape index (κ2) is 5.66. The van der Waals surface area contributed by atoms with Gasteiger partial charge in [-0.2, -0.15) is 0 Å². The van der Waals surface area contributed by atoms with E-state index >= 15 is 0 Å². The molecule has 0 aliphatic rings. The number of hydrogen-bond acceptors (Lipinski definition) is 2. The van der Waals surface area contributed by atoms with Crippen LogP contribution in [0.25, 0.3) is 22.0 Å². The molecule has 0 amide bonds. The normalized spacial score (nSPS) is 11.2. The fraction of sp³-hybridized carbons (Fsp3) is 0.211. The highest BCUT2D eigenvalue weighted by molar-refractivity contribution is 5.96. The van der Waals surface area contributed by atoms with Gasteiger partial charge in [-0.05, 0) is 23.1 Å². The first-order valence-electron chi connectivity index (χ1n) is 7.30. The van der Waals surface area contributed by atoms with Gasteiger partial charge in [-0.1, -0.05) is 62.4 Å². The van der Waals surface area contributed by atoms with Crippen molar-refractivity contribution in [3.63, 3.8) is 0 Å². The fourth-order valence-corrected chi connectivity index (χ4v) is 2.84. The third-order valence-electron chi connectivity index (χ3n) is 3.79. The maximum Gasteiger partial charge on any atom is 0.0711 e. The van der Waals surface area contributed by atoms with Crippen molar-refractivity contribution in [2.75, 3.05) is 0 Å². The Kier molecular flexibility index (Phi) is 3.72. The fourth-order valence-electron chi connectivity index (χ4n) is 2.84. The third-order valence-corrected chi connectivity index (χ3v) is 3.79. The molecule has 2 aromatic carbocycles. The number of rotatable bonds is 3. The lowest BCUT2D eigenvalue weighted by molar-refractivity contribution is 0.280. The molecule has 0 unspecified atom stereocenters. The predicted molar refractivity (Wildman–Crippen MR) is 87.2 cm³/mol. The Labute approximate surface area is 125 Å². The van der Waals surface area contributed by atoms with Crippen molar-refractivity contribution in [1.29, 1.82) is 0 Å². The van der Waals surface area contributed by atoms with Crippen molar-refractivity contribution < 1.29 is 5.11 Å². The van der Waals surface area contributed by atoms with Gasteiger partial charge in [0.15, 0.2) is 0 Å². The second-order valence-electron chi connectivity index (χ2n) is 5.55. The second-order valence-corrected chi connectivity index (χ2v) is 5.55. The number of aliphatic hydroxyl groups excluding tert-OH is 1. The van der Waals surface area contributed by atoms with Crippen molar-refractivity contribution in [3.05, 3.63) is 65.9 Å². The van der Waals surface area contributed by atoms with Crippen LogP contribution in [-0.2, 0) is 6.61 Å². The highest BCUT2D eigenvalue weighted by Crippen LogP contribution is 2.35. The Morgan fingerprint density at radius 3 is 2.29 bits per heavy atom. The molecule has 0 saturated carbocycles. The molecule has 0 spiro atoms. The van der Waals surface area contributed by atoms with Gasteiger partial charge in [0.05, 0.1) is 12.1 Å². The van der Waals surface area contributed by atoms with E-state index in [1.807, 2.05) is 36.4 Å². The number of aliphatic hydroxyl groups is 1. The van der Waals surface area contributed by atoms with Gasteiger partial charge in [0.1, 0.15) is 0 Å². The van der Waals surface area contributed by atoms with Gasteiger partial charge in [0, 0.05) is 16.6 Å². The summed E-state index contributed by atoms with van der Waals surface area (Å²) in [6.45, 7) is 4.24.